The topological polar surface area (TPSA) is 86.8 Å². The summed E-state index contributed by atoms with van der Waals surface area (Å²) in [4.78, 5) is 27.0. The third-order valence-electron chi connectivity index (χ3n) is 4.81. The number of benzene rings is 2. The number of carbonyl (C=O) groups is 2. The number of carbonyl (C=O) groups excluding carboxylic acids is 2. The van der Waals surface area contributed by atoms with Gasteiger partial charge in [0.05, 0.1) is 11.4 Å². The molecule has 0 saturated carbocycles. The van der Waals surface area contributed by atoms with Crippen molar-refractivity contribution in [3.63, 3.8) is 0 Å². The average molecular weight is 486 g/mol. The SMILES string of the molecule is CC[C@H](C(=O)NC)N(Cc1ccccc1Cl)C(=O)CN(C)S(=O)(=O)c1ccc(Cl)cc1. The molecular weight excluding hydrogens is 461 g/mol. The van der Waals surface area contributed by atoms with Crippen molar-refractivity contribution in [2.24, 2.45) is 0 Å². The van der Waals surface area contributed by atoms with Gasteiger partial charge in [0.1, 0.15) is 6.04 Å². The smallest absolute Gasteiger partial charge is 0.243 e. The second kappa shape index (κ2) is 10.9. The Hall–Kier alpha value is -2.13. The third-order valence-corrected chi connectivity index (χ3v) is 7.25. The van der Waals surface area contributed by atoms with E-state index in [4.69, 9.17) is 23.2 Å². The van der Waals surface area contributed by atoms with Crippen molar-refractivity contribution in [2.45, 2.75) is 30.8 Å². The molecule has 0 spiro atoms. The maximum Gasteiger partial charge on any atom is 0.243 e. The van der Waals surface area contributed by atoms with Gasteiger partial charge in [0.25, 0.3) is 0 Å². The van der Waals surface area contributed by atoms with Gasteiger partial charge in [-0.15, -0.1) is 0 Å². The van der Waals surface area contributed by atoms with Gasteiger partial charge in [-0.05, 0) is 42.3 Å². The Morgan fingerprint density at radius 1 is 1.06 bits per heavy atom. The number of hydrogen-bond acceptors (Lipinski definition) is 4. The Bertz CT molecular complexity index is 1030. The van der Waals surface area contributed by atoms with Crippen molar-refractivity contribution in [3.8, 4) is 0 Å². The normalized spacial score (nSPS) is 12.5. The van der Waals surface area contributed by atoms with Crippen LogP contribution in [0.3, 0.4) is 0 Å². The molecule has 0 fully saturated rings. The molecule has 2 aromatic rings. The van der Waals surface area contributed by atoms with Crippen LogP contribution in [0, 0.1) is 0 Å². The molecule has 10 heteroatoms. The summed E-state index contributed by atoms with van der Waals surface area (Å²) in [5, 5.41) is 3.41. The van der Waals surface area contributed by atoms with E-state index >= 15 is 0 Å². The van der Waals surface area contributed by atoms with Crippen LogP contribution < -0.4 is 5.32 Å². The van der Waals surface area contributed by atoms with Gasteiger partial charge in [-0.1, -0.05) is 48.3 Å². The van der Waals surface area contributed by atoms with E-state index in [-0.39, 0.29) is 17.3 Å². The van der Waals surface area contributed by atoms with E-state index < -0.39 is 28.5 Å². The van der Waals surface area contributed by atoms with Crippen molar-refractivity contribution in [2.75, 3.05) is 20.6 Å². The lowest BCUT2D eigenvalue weighted by molar-refractivity contribution is -0.141. The molecule has 7 nitrogen and oxygen atoms in total. The highest BCUT2D eigenvalue weighted by atomic mass is 35.5. The van der Waals surface area contributed by atoms with Crippen LogP contribution in [0.25, 0.3) is 0 Å². The standard InChI is InChI=1S/C21H25Cl2N3O4S/c1-4-19(21(28)24-2)26(13-15-7-5-6-8-18(15)23)20(27)14-25(3)31(29,30)17-11-9-16(22)10-12-17/h5-12,19H,4,13-14H2,1-3H3,(H,24,28)/t19-/m1/s1. The quantitative estimate of drug-likeness (QED) is 0.590. The second-order valence-electron chi connectivity index (χ2n) is 6.87. The maximum absolute atomic E-state index is 13.2. The fourth-order valence-corrected chi connectivity index (χ4v) is 4.49. The molecule has 0 aromatic heterocycles. The Kier molecular flexibility index (Phi) is 8.88. The van der Waals surface area contributed by atoms with Gasteiger partial charge in [-0.3, -0.25) is 9.59 Å². The average Bonchev–Trinajstić information content (AvgIpc) is 2.74. The molecule has 0 radical (unpaired) electrons. The summed E-state index contributed by atoms with van der Waals surface area (Å²) >= 11 is 12.1. The molecule has 0 bridgehead atoms. The fraction of sp³-hybridized carbons (Fsp3) is 0.333. The van der Waals surface area contributed by atoms with Gasteiger partial charge in [0.15, 0.2) is 0 Å². The van der Waals surface area contributed by atoms with Crippen LogP contribution in [-0.2, 0) is 26.2 Å². The van der Waals surface area contributed by atoms with Crippen molar-refractivity contribution < 1.29 is 18.0 Å². The summed E-state index contributed by atoms with van der Waals surface area (Å²) in [5.74, 6) is -0.860. The van der Waals surface area contributed by atoms with E-state index in [1.165, 1.54) is 43.3 Å². The van der Waals surface area contributed by atoms with Crippen LogP contribution in [0.1, 0.15) is 18.9 Å². The van der Waals surface area contributed by atoms with Crippen LogP contribution in [0.5, 0.6) is 0 Å². The van der Waals surface area contributed by atoms with Crippen LogP contribution in [-0.4, -0.2) is 56.1 Å². The molecule has 2 rings (SSSR count). The minimum absolute atomic E-state index is 0.0168. The van der Waals surface area contributed by atoms with Crippen LogP contribution in [0.2, 0.25) is 10.0 Å². The molecule has 0 aliphatic carbocycles. The summed E-state index contributed by atoms with van der Waals surface area (Å²) in [6.07, 6.45) is 0.351. The Labute approximate surface area is 193 Å². The summed E-state index contributed by atoms with van der Waals surface area (Å²) in [7, 11) is -1.12. The van der Waals surface area contributed by atoms with E-state index in [0.717, 1.165) is 4.31 Å². The van der Waals surface area contributed by atoms with Gasteiger partial charge < -0.3 is 10.2 Å². The van der Waals surface area contributed by atoms with Crippen LogP contribution in [0.15, 0.2) is 53.4 Å². The van der Waals surface area contributed by atoms with E-state index in [1.807, 2.05) is 0 Å². The van der Waals surface area contributed by atoms with Crippen LogP contribution in [0.4, 0.5) is 0 Å². The zero-order chi connectivity index (χ0) is 23.2. The lowest BCUT2D eigenvalue weighted by Crippen LogP contribution is -2.51. The number of nitrogens with zero attached hydrogens (tertiary/aromatic N) is 2. The molecule has 0 unspecified atom stereocenters. The van der Waals surface area contributed by atoms with Gasteiger partial charge in [0, 0.05) is 30.7 Å². The van der Waals surface area contributed by atoms with Crippen molar-refractivity contribution in [3.05, 3.63) is 64.1 Å². The minimum Gasteiger partial charge on any atom is -0.357 e. The molecule has 1 N–H and O–H groups in total. The zero-order valence-corrected chi connectivity index (χ0v) is 19.8. The van der Waals surface area contributed by atoms with E-state index in [9.17, 15) is 18.0 Å². The summed E-state index contributed by atoms with van der Waals surface area (Å²) in [5.41, 5.74) is 0.656. The first kappa shape index (κ1) is 25.1. The third kappa shape index (κ3) is 6.20. The molecule has 0 aliphatic heterocycles. The van der Waals surface area contributed by atoms with Gasteiger partial charge >= 0.3 is 0 Å². The molecule has 0 aliphatic rings. The highest BCUT2D eigenvalue weighted by Crippen LogP contribution is 2.21. The lowest BCUT2D eigenvalue weighted by atomic mass is 10.1. The number of halogens is 2. The first-order chi connectivity index (χ1) is 14.6. The summed E-state index contributed by atoms with van der Waals surface area (Å²) in [6, 6.07) is 11.9. The number of rotatable bonds is 9. The number of amides is 2. The van der Waals surface area contributed by atoms with Crippen molar-refractivity contribution in [1.29, 1.82) is 0 Å². The first-order valence-electron chi connectivity index (χ1n) is 9.58. The second-order valence-corrected chi connectivity index (χ2v) is 9.75. The number of likely N-dealkylation sites (N-methyl/N-ethyl adjacent to an activating group) is 2. The molecule has 0 heterocycles. The molecule has 168 valence electrons. The Balaban J connectivity index is 2.32. The van der Waals surface area contributed by atoms with Crippen molar-refractivity contribution in [1.82, 2.24) is 14.5 Å². The largest absolute Gasteiger partial charge is 0.357 e. The summed E-state index contributed by atoms with van der Waals surface area (Å²) < 4.78 is 26.7. The summed E-state index contributed by atoms with van der Waals surface area (Å²) in [6.45, 7) is 1.41. The Morgan fingerprint density at radius 3 is 2.23 bits per heavy atom. The van der Waals surface area contributed by atoms with Crippen molar-refractivity contribution >= 4 is 45.0 Å². The highest BCUT2D eigenvalue weighted by molar-refractivity contribution is 7.89. The number of hydrogen-bond donors (Lipinski definition) is 1. The zero-order valence-electron chi connectivity index (χ0n) is 17.5. The Morgan fingerprint density at radius 2 is 1.68 bits per heavy atom. The van der Waals surface area contributed by atoms with E-state index in [2.05, 4.69) is 5.32 Å². The molecule has 1 atom stereocenters. The molecule has 0 saturated heterocycles. The lowest BCUT2D eigenvalue weighted by Gasteiger charge is -2.31. The first-order valence-corrected chi connectivity index (χ1v) is 11.8. The molecular formula is C21H25Cl2N3O4S. The number of sulfonamides is 1. The van der Waals surface area contributed by atoms with Gasteiger partial charge in [0.2, 0.25) is 21.8 Å². The molecule has 2 aromatic carbocycles. The minimum atomic E-state index is -3.92. The number of nitrogens with one attached hydrogen (secondary N) is 1. The van der Waals surface area contributed by atoms with Gasteiger partial charge in [-0.25, -0.2) is 8.42 Å². The van der Waals surface area contributed by atoms with Gasteiger partial charge in [-0.2, -0.15) is 4.31 Å². The van der Waals surface area contributed by atoms with Crippen LogP contribution >= 0.6 is 23.2 Å². The van der Waals surface area contributed by atoms with E-state index in [0.29, 0.717) is 22.0 Å². The predicted octanol–water partition coefficient (Wildman–Crippen LogP) is 3.17. The highest BCUT2D eigenvalue weighted by Gasteiger charge is 2.31. The fourth-order valence-electron chi connectivity index (χ4n) is 3.05. The predicted molar refractivity (Wildman–Crippen MR) is 121 cm³/mol. The molecule has 2 amide bonds. The molecule has 31 heavy (non-hydrogen) atoms. The van der Waals surface area contributed by atoms with E-state index in [1.54, 1.807) is 31.2 Å². The monoisotopic (exact) mass is 485 g/mol. The maximum atomic E-state index is 13.2.